The summed E-state index contributed by atoms with van der Waals surface area (Å²) in [6.07, 6.45) is 0.501. The molecule has 0 spiro atoms. The highest BCUT2D eigenvalue weighted by atomic mass is 16.5. The molecule has 0 heterocycles. The Morgan fingerprint density at radius 1 is 1.53 bits per heavy atom. The summed E-state index contributed by atoms with van der Waals surface area (Å²) in [7, 11) is 0. The SMILES string of the molecule is C=C(C)C(=O)Oc1ccc(O)cc1C=O. The Labute approximate surface area is 86.8 Å². The summed E-state index contributed by atoms with van der Waals surface area (Å²) in [4.78, 5) is 21.8. The highest BCUT2D eigenvalue weighted by Crippen LogP contribution is 2.22. The van der Waals surface area contributed by atoms with Gasteiger partial charge >= 0.3 is 5.97 Å². The van der Waals surface area contributed by atoms with Gasteiger partial charge in [0.05, 0.1) is 5.56 Å². The average Bonchev–Trinajstić information content (AvgIpc) is 2.20. The van der Waals surface area contributed by atoms with Crippen LogP contribution in [0.2, 0.25) is 0 Å². The van der Waals surface area contributed by atoms with Crippen molar-refractivity contribution in [2.45, 2.75) is 6.92 Å². The van der Waals surface area contributed by atoms with Gasteiger partial charge in [-0.3, -0.25) is 4.79 Å². The van der Waals surface area contributed by atoms with Crippen molar-refractivity contribution in [3.05, 3.63) is 35.9 Å². The summed E-state index contributed by atoms with van der Waals surface area (Å²) >= 11 is 0. The number of esters is 1. The molecule has 4 heteroatoms. The molecule has 0 atom stereocenters. The zero-order valence-electron chi connectivity index (χ0n) is 8.19. The van der Waals surface area contributed by atoms with E-state index in [0.29, 0.717) is 6.29 Å². The van der Waals surface area contributed by atoms with Crippen molar-refractivity contribution in [1.29, 1.82) is 0 Å². The van der Waals surface area contributed by atoms with Crippen LogP contribution in [0.15, 0.2) is 30.4 Å². The predicted molar refractivity (Wildman–Crippen MR) is 53.9 cm³/mol. The second-order valence-corrected chi connectivity index (χ2v) is 3.01. The van der Waals surface area contributed by atoms with Gasteiger partial charge < -0.3 is 9.84 Å². The van der Waals surface area contributed by atoms with Crippen LogP contribution in [0.1, 0.15) is 17.3 Å². The van der Waals surface area contributed by atoms with Crippen LogP contribution in [0.4, 0.5) is 0 Å². The van der Waals surface area contributed by atoms with E-state index in [1.165, 1.54) is 25.1 Å². The van der Waals surface area contributed by atoms with Gasteiger partial charge in [-0.05, 0) is 25.1 Å². The lowest BCUT2D eigenvalue weighted by Crippen LogP contribution is -2.09. The average molecular weight is 206 g/mol. The number of carbonyl (C=O) groups is 2. The maximum Gasteiger partial charge on any atom is 0.338 e. The van der Waals surface area contributed by atoms with Crippen LogP contribution >= 0.6 is 0 Å². The fraction of sp³-hybridized carbons (Fsp3) is 0.0909. The Morgan fingerprint density at radius 3 is 2.73 bits per heavy atom. The van der Waals surface area contributed by atoms with E-state index in [1.807, 2.05) is 0 Å². The lowest BCUT2D eigenvalue weighted by atomic mass is 10.2. The summed E-state index contributed by atoms with van der Waals surface area (Å²) in [6, 6.07) is 3.89. The molecule has 0 aromatic heterocycles. The summed E-state index contributed by atoms with van der Waals surface area (Å²) in [5.41, 5.74) is 0.351. The Bertz CT molecular complexity index is 421. The van der Waals surface area contributed by atoms with Crippen molar-refractivity contribution in [2.75, 3.05) is 0 Å². The molecule has 0 bridgehead atoms. The summed E-state index contributed by atoms with van der Waals surface area (Å²) in [5, 5.41) is 9.09. The van der Waals surface area contributed by atoms with E-state index in [1.54, 1.807) is 0 Å². The fourth-order valence-corrected chi connectivity index (χ4v) is 0.908. The van der Waals surface area contributed by atoms with Crippen LogP contribution < -0.4 is 4.74 Å². The van der Waals surface area contributed by atoms with E-state index in [0.717, 1.165) is 0 Å². The summed E-state index contributed by atoms with van der Waals surface area (Å²) < 4.78 is 4.87. The maximum atomic E-state index is 11.2. The molecule has 15 heavy (non-hydrogen) atoms. The predicted octanol–water partition coefficient (Wildman–Crippen LogP) is 1.69. The van der Waals surface area contributed by atoms with Gasteiger partial charge in [0, 0.05) is 5.57 Å². The first kappa shape index (κ1) is 11.0. The molecular formula is C11H10O4. The van der Waals surface area contributed by atoms with Crippen LogP contribution in [0.25, 0.3) is 0 Å². The molecule has 0 amide bonds. The molecule has 4 nitrogen and oxygen atoms in total. The largest absolute Gasteiger partial charge is 0.508 e. The quantitative estimate of drug-likeness (QED) is 0.354. The highest BCUT2D eigenvalue weighted by Gasteiger charge is 2.09. The van der Waals surface area contributed by atoms with Gasteiger partial charge in [-0.25, -0.2) is 4.79 Å². The fourth-order valence-electron chi connectivity index (χ4n) is 0.908. The zero-order chi connectivity index (χ0) is 11.4. The number of rotatable bonds is 3. The zero-order valence-corrected chi connectivity index (χ0v) is 8.19. The van der Waals surface area contributed by atoms with Gasteiger partial charge in [0.2, 0.25) is 0 Å². The van der Waals surface area contributed by atoms with Crippen molar-refractivity contribution in [3.63, 3.8) is 0 Å². The second kappa shape index (κ2) is 4.41. The third kappa shape index (κ3) is 2.67. The maximum absolute atomic E-state index is 11.2. The number of hydrogen-bond acceptors (Lipinski definition) is 4. The number of hydrogen-bond donors (Lipinski definition) is 1. The number of aromatic hydroxyl groups is 1. The van der Waals surface area contributed by atoms with Crippen LogP contribution in [0.5, 0.6) is 11.5 Å². The Kier molecular flexibility index (Phi) is 3.23. The molecule has 1 N–H and O–H groups in total. The molecule has 0 aliphatic carbocycles. The summed E-state index contributed by atoms with van der Waals surface area (Å²) in [6.45, 7) is 4.92. The van der Waals surface area contributed by atoms with E-state index in [4.69, 9.17) is 9.84 Å². The Hall–Kier alpha value is -2.10. The molecule has 1 rings (SSSR count). The molecular weight excluding hydrogens is 196 g/mol. The van der Waals surface area contributed by atoms with Gasteiger partial charge in [-0.15, -0.1) is 0 Å². The first-order valence-corrected chi connectivity index (χ1v) is 4.20. The monoisotopic (exact) mass is 206 g/mol. The molecule has 0 saturated carbocycles. The first-order chi connectivity index (χ1) is 7.04. The van der Waals surface area contributed by atoms with Crippen molar-refractivity contribution in [1.82, 2.24) is 0 Å². The highest BCUT2D eigenvalue weighted by molar-refractivity contribution is 5.90. The molecule has 0 saturated heterocycles. The van der Waals surface area contributed by atoms with E-state index in [-0.39, 0.29) is 22.6 Å². The van der Waals surface area contributed by atoms with Gasteiger partial charge in [0.25, 0.3) is 0 Å². The van der Waals surface area contributed by atoms with Crippen LogP contribution in [-0.2, 0) is 4.79 Å². The Morgan fingerprint density at radius 2 is 2.20 bits per heavy atom. The number of phenolic OH excluding ortho intramolecular Hbond substituents is 1. The lowest BCUT2D eigenvalue weighted by Gasteiger charge is -2.06. The smallest absolute Gasteiger partial charge is 0.338 e. The van der Waals surface area contributed by atoms with Crippen LogP contribution in [0, 0.1) is 0 Å². The van der Waals surface area contributed by atoms with Crippen molar-refractivity contribution in [3.8, 4) is 11.5 Å². The van der Waals surface area contributed by atoms with E-state index in [9.17, 15) is 9.59 Å². The number of benzene rings is 1. The van der Waals surface area contributed by atoms with Gasteiger partial charge in [-0.2, -0.15) is 0 Å². The van der Waals surface area contributed by atoms with Crippen LogP contribution in [0.3, 0.4) is 0 Å². The van der Waals surface area contributed by atoms with E-state index in [2.05, 4.69) is 6.58 Å². The molecule has 1 aromatic rings. The minimum Gasteiger partial charge on any atom is -0.508 e. The number of carbonyl (C=O) groups excluding carboxylic acids is 2. The molecule has 0 aliphatic rings. The molecule has 1 aromatic carbocycles. The molecule has 0 unspecified atom stereocenters. The van der Waals surface area contributed by atoms with Gasteiger partial charge in [-0.1, -0.05) is 6.58 Å². The number of aldehydes is 1. The van der Waals surface area contributed by atoms with Crippen molar-refractivity contribution in [2.24, 2.45) is 0 Å². The van der Waals surface area contributed by atoms with E-state index < -0.39 is 5.97 Å². The number of ether oxygens (including phenoxy) is 1. The topological polar surface area (TPSA) is 63.6 Å². The van der Waals surface area contributed by atoms with Crippen molar-refractivity contribution >= 4 is 12.3 Å². The Balaban J connectivity index is 2.99. The van der Waals surface area contributed by atoms with Crippen LogP contribution in [-0.4, -0.2) is 17.4 Å². The molecule has 0 aliphatic heterocycles. The number of phenols is 1. The van der Waals surface area contributed by atoms with Crippen molar-refractivity contribution < 1.29 is 19.4 Å². The molecule has 78 valence electrons. The van der Waals surface area contributed by atoms with Gasteiger partial charge in [0.15, 0.2) is 6.29 Å². The molecule has 0 fully saturated rings. The minimum absolute atomic E-state index is 0.0628. The third-order valence-electron chi connectivity index (χ3n) is 1.67. The first-order valence-electron chi connectivity index (χ1n) is 4.20. The molecule has 0 radical (unpaired) electrons. The van der Waals surface area contributed by atoms with Gasteiger partial charge in [0.1, 0.15) is 11.5 Å². The lowest BCUT2D eigenvalue weighted by molar-refractivity contribution is -0.130. The second-order valence-electron chi connectivity index (χ2n) is 3.01. The summed E-state index contributed by atoms with van der Waals surface area (Å²) in [5.74, 6) is -0.563. The standard InChI is InChI=1S/C11H10O4/c1-7(2)11(14)15-10-4-3-9(13)5-8(10)6-12/h3-6,13H,1H2,2H3. The van der Waals surface area contributed by atoms with E-state index >= 15 is 0 Å². The normalized spacial score (nSPS) is 9.40. The minimum atomic E-state index is -0.608. The third-order valence-corrected chi connectivity index (χ3v) is 1.67.